The van der Waals surface area contributed by atoms with Gasteiger partial charge in [-0.1, -0.05) is 0 Å². The first-order valence-electron chi connectivity index (χ1n) is 5.01. The second-order valence-corrected chi connectivity index (χ2v) is 4.45. The smallest absolute Gasteiger partial charge is 0.0627 e. The van der Waals surface area contributed by atoms with E-state index in [2.05, 4.69) is 18.7 Å². The van der Waals surface area contributed by atoms with Gasteiger partial charge >= 0.3 is 0 Å². The van der Waals surface area contributed by atoms with Crippen molar-refractivity contribution in [2.45, 2.75) is 44.9 Å². The highest BCUT2D eigenvalue weighted by molar-refractivity contribution is 4.98. The van der Waals surface area contributed by atoms with Gasteiger partial charge in [0.25, 0.3) is 0 Å². The first-order valence-corrected chi connectivity index (χ1v) is 5.01. The molecule has 0 N–H and O–H groups in total. The summed E-state index contributed by atoms with van der Waals surface area (Å²) in [7, 11) is 1.85. The van der Waals surface area contributed by atoms with Gasteiger partial charge in [-0.15, -0.1) is 0 Å². The van der Waals surface area contributed by atoms with Crippen LogP contribution in [0.3, 0.4) is 0 Å². The van der Waals surface area contributed by atoms with E-state index in [1.165, 1.54) is 19.4 Å². The molecule has 0 spiro atoms. The maximum atomic E-state index is 5.45. The zero-order valence-corrected chi connectivity index (χ0v) is 8.29. The van der Waals surface area contributed by atoms with Crippen LogP contribution in [0.5, 0.6) is 0 Å². The third-order valence-electron chi connectivity index (χ3n) is 3.49. The summed E-state index contributed by atoms with van der Waals surface area (Å²) in [5.41, 5.74) is 0. The van der Waals surface area contributed by atoms with Crippen LogP contribution >= 0.6 is 0 Å². The number of rotatable bonds is 2. The number of piperidine rings is 1. The van der Waals surface area contributed by atoms with E-state index < -0.39 is 0 Å². The highest BCUT2D eigenvalue weighted by Gasteiger charge is 2.45. The molecule has 0 radical (unpaired) electrons. The summed E-state index contributed by atoms with van der Waals surface area (Å²) in [6.45, 7) is 5.85. The maximum Gasteiger partial charge on any atom is 0.0627 e. The van der Waals surface area contributed by atoms with Gasteiger partial charge in [0.05, 0.1) is 6.10 Å². The lowest BCUT2D eigenvalue weighted by Gasteiger charge is -2.33. The second-order valence-electron chi connectivity index (χ2n) is 4.45. The molecule has 1 saturated carbocycles. The predicted octanol–water partition coefficient (Wildman–Crippen LogP) is 1.50. The van der Waals surface area contributed by atoms with Crippen LogP contribution in [0.2, 0.25) is 0 Å². The Hall–Kier alpha value is -0.0800. The van der Waals surface area contributed by atoms with Crippen LogP contribution in [0, 0.1) is 5.92 Å². The zero-order chi connectivity index (χ0) is 8.72. The Labute approximate surface area is 74.9 Å². The van der Waals surface area contributed by atoms with Crippen LogP contribution in [-0.2, 0) is 4.74 Å². The molecular formula is C10H19NO. The van der Waals surface area contributed by atoms with E-state index >= 15 is 0 Å². The molecule has 2 heteroatoms. The van der Waals surface area contributed by atoms with E-state index in [0.29, 0.717) is 6.10 Å². The molecule has 1 saturated heterocycles. The van der Waals surface area contributed by atoms with Crippen molar-refractivity contribution in [3.8, 4) is 0 Å². The fraction of sp³-hybridized carbons (Fsp3) is 1.00. The predicted molar refractivity (Wildman–Crippen MR) is 49.2 cm³/mol. The van der Waals surface area contributed by atoms with Crippen molar-refractivity contribution < 1.29 is 4.74 Å². The number of hydrogen-bond acceptors (Lipinski definition) is 2. The topological polar surface area (TPSA) is 12.5 Å². The number of nitrogens with zero attached hydrogens (tertiary/aromatic N) is 1. The normalized spacial score (nSPS) is 41.5. The van der Waals surface area contributed by atoms with Gasteiger partial charge in [-0.3, -0.25) is 4.90 Å². The van der Waals surface area contributed by atoms with Crippen molar-refractivity contribution in [2.75, 3.05) is 13.7 Å². The molecule has 12 heavy (non-hydrogen) atoms. The van der Waals surface area contributed by atoms with Gasteiger partial charge in [-0.25, -0.2) is 0 Å². The number of ether oxygens (including phenoxy) is 1. The quantitative estimate of drug-likeness (QED) is 0.621. The SMILES string of the molecule is COC1CC2CC1CN2C(C)C. The molecule has 0 aromatic heterocycles. The summed E-state index contributed by atoms with van der Waals surface area (Å²) in [5, 5.41) is 0. The molecule has 2 bridgehead atoms. The average Bonchev–Trinajstić information content (AvgIpc) is 2.60. The lowest BCUT2D eigenvalue weighted by Crippen LogP contribution is -2.42. The van der Waals surface area contributed by atoms with E-state index in [1.807, 2.05) is 7.11 Å². The molecule has 2 nitrogen and oxygen atoms in total. The number of likely N-dealkylation sites (tertiary alicyclic amines) is 1. The zero-order valence-electron chi connectivity index (χ0n) is 8.29. The Bertz CT molecular complexity index is 169. The van der Waals surface area contributed by atoms with Gasteiger partial charge in [0.15, 0.2) is 0 Å². The Morgan fingerprint density at radius 2 is 2.08 bits per heavy atom. The third kappa shape index (κ3) is 1.17. The number of hydrogen-bond donors (Lipinski definition) is 0. The van der Waals surface area contributed by atoms with Crippen LogP contribution in [0.25, 0.3) is 0 Å². The molecule has 1 aliphatic carbocycles. The molecule has 0 amide bonds. The first-order chi connectivity index (χ1) is 5.72. The van der Waals surface area contributed by atoms with Gasteiger partial charge in [-0.2, -0.15) is 0 Å². The molecule has 3 unspecified atom stereocenters. The molecule has 2 rings (SSSR count). The van der Waals surface area contributed by atoms with E-state index in [1.54, 1.807) is 0 Å². The maximum absolute atomic E-state index is 5.45. The van der Waals surface area contributed by atoms with Crippen LogP contribution in [-0.4, -0.2) is 36.7 Å². The average molecular weight is 169 g/mol. The number of methoxy groups -OCH3 is 1. The van der Waals surface area contributed by atoms with Gasteiger partial charge in [0.2, 0.25) is 0 Å². The van der Waals surface area contributed by atoms with E-state index in [4.69, 9.17) is 4.74 Å². The van der Waals surface area contributed by atoms with Crippen molar-refractivity contribution in [1.82, 2.24) is 4.90 Å². The lowest BCUT2D eigenvalue weighted by molar-refractivity contribution is 0.0249. The van der Waals surface area contributed by atoms with E-state index in [-0.39, 0.29) is 0 Å². The molecule has 0 aromatic carbocycles. The summed E-state index contributed by atoms with van der Waals surface area (Å²) in [4.78, 5) is 2.63. The Balaban J connectivity index is 1.98. The Morgan fingerprint density at radius 1 is 1.33 bits per heavy atom. The van der Waals surface area contributed by atoms with Crippen LogP contribution < -0.4 is 0 Å². The van der Waals surface area contributed by atoms with Crippen molar-refractivity contribution in [2.24, 2.45) is 5.92 Å². The standard InChI is InChI=1S/C10H19NO/c1-7(2)11-6-8-4-9(11)5-10(8)12-3/h7-10H,4-6H2,1-3H3. The van der Waals surface area contributed by atoms with Crippen molar-refractivity contribution in [3.05, 3.63) is 0 Å². The summed E-state index contributed by atoms with van der Waals surface area (Å²) in [6, 6.07) is 1.54. The fourth-order valence-electron chi connectivity index (χ4n) is 2.86. The highest BCUT2D eigenvalue weighted by atomic mass is 16.5. The lowest BCUT2D eigenvalue weighted by atomic mass is 10.1. The summed E-state index contributed by atoms with van der Waals surface area (Å²) in [6.07, 6.45) is 3.20. The minimum atomic E-state index is 0.560. The Kier molecular flexibility index (Phi) is 2.13. The molecule has 70 valence electrons. The molecule has 2 fully saturated rings. The summed E-state index contributed by atoms with van der Waals surface area (Å²) in [5.74, 6) is 0.822. The molecule has 2 aliphatic rings. The molecule has 3 atom stereocenters. The third-order valence-corrected chi connectivity index (χ3v) is 3.49. The van der Waals surface area contributed by atoms with Crippen LogP contribution in [0.15, 0.2) is 0 Å². The van der Waals surface area contributed by atoms with E-state index in [9.17, 15) is 0 Å². The highest BCUT2D eigenvalue weighted by Crippen LogP contribution is 2.39. The van der Waals surface area contributed by atoms with Gasteiger partial charge in [0, 0.05) is 25.7 Å². The van der Waals surface area contributed by atoms with Gasteiger partial charge < -0.3 is 4.74 Å². The van der Waals surface area contributed by atoms with Crippen molar-refractivity contribution >= 4 is 0 Å². The molecule has 1 aliphatic heterocycles. The molecule has 0 aromatic rings. The van der Waals surface area contributed by atoms with Crippen molar-refractivity contribution in [3.63, 3.8) is 0 Å². The van der Waals surface area contributed by atoms with Crippen LogP contribution in [0.1, 0.15) is 26.7 Å². The fourth-order valence-corrected chi connectivity index (χ4v) is 2.86. The van der Waals surface area contributed by atoms with Crippen LogP contribution in [0.4, 0.5) is 0 Å². The molecule has 1 heterocycles. The van der Waals surface area contributed by atoms with Crippen molar-refractivity contribution in [1.29, 1.82) is 0 Å². The summed E-state index contributed by atoms with van der Waals surface area (Å²) >= 11 is 0. The molecular weight excluding hydrogens is 150 g/mol. The van der Waals surface area contributed by atoms with Gasteiger partial charge in [0.1, 0.15) is 0 Å². The monoisotopic (exact) mass is 169 g/mol. The largest absolute Gasteiger partial charge is 0.381 e. The summed E-state index contributed by atoms with van der Waals surface area (Å²) < 4.78 is 5.45. The number of fused-ring (bicyclic) bond motifs is 2. The minimum absolute atomic E-state index is 0.560. The van der Waals surface area contributed by atoms with E-state index in [0.717, 1.165) is 18.0 Å². The second kappa shape index (κ2) is 3.00. The first kappa shape index (κ1) is 8.52. The minimum Gasteiger partial charge on any atom is -0.381 e. The Morgan fingerprint density at radius 3 is 2.50 bits per heavy atom. The van der Waals surface area contributed by atoms with Gasteiger partial charge in [-0.05, 0) is 32.6 Å².